The van der Waals surface area contributed by atoms with Gasteiger partial charge in [0.05, 0.1) is 10.6 Å². The Labute approximate surface area is 77.8 Å². The maximum Gasteiger partial charge on any atom is 0.338 e. The van der Waals surface area contributed by atoms with Crippen molar-refractivity contribution in [3.05, 3.63) is 34.1 Å². The number of carboxylic acid groups (broad SMARTS) is 1. The number of carboxylic acids is 1. The molecule has 0 radical (unpaired) electrons. The van der Waals surface area contributed by atoms with E-state index in [4.69, 9.17) is 16.7 Å². The average Bonchev–Trinajstić information content (AvgIpc) is 2.09. The van der Waals surface area contributed by atoms with Crippen LogP contribution in [0.5, 0.6) is 0 Å². The van der Waals surface area contributed by atoms with E-state index >= 15 is 0 Å². The van der Waals surface area contributed by atoms with E-state index < -0.39 is 24.0 Å². The molecule has 0 aliphatic carbocycles. The van der Waals surface area contributed by atoms with E-state index in [-0.39, 0.29) is 10.6 Å². The van der Waals surface area contributed by atoms with E-state index in [0.29, 0.717) is 0 Å². The third-order valence-corrected chi connectivity index (χ3v) is 1.75. The highest BCUT2D eigenvalue weighted by atomic mass is 35.5. The van der Waals surface area contributed by atoms with Crippen molar-refractivity contribution in [1.82, 2.24) is 0 Å². The van der Waals surface area contributed by atoms with Gasteiger partial charge in [-0.3, -0.25) is 0 Å². The number of hydrogen-bond acceptors (Lipinski definition) is 1. The number of alkyl halides is 1. The molecule has 5 heteroatoms. The molecule has 0 aromatic heterocycles. The normalized spacial score (nSPS) is 10.1. The summed E-state index contributed by atoms with van der Waals surface area (Å²) in [6, 6.07) is 1.98. The molecule has 13 heavy (non-hydrogen) atoms. The molecule has 0 unspecified atom stereocenters. The van der Waals surface area contributed by atoms with Gasteiger partial charge in [-0.15, -0.1) is 0 Å². The van der Waals surface area contributed by atoms with Gasteiger partial charge in [0.2, 0.25) is 0 Å². The Morgan fingerprint density at radius 1 is 1.54 bits per heavy atom. The third-order valence-electron chi connectivity index (χ3n) is 1.47. The quantitative estimate of drug-likeness (QED) is 0.808. The van der Waals surface area contributed by atoms with Gasteiger partial charge < -0.3 is 5.11 Å². The van der Waals surface area contributed by atoms with Crippen molar-refractivity contribution >= 4 is 17.6 Å². The van der Waals surface area contributed by atoms with Crippen LogP contribution in [-0.4, -0.2) is 11.1 Å². The highest BCUT2D eigenvalue weighted by Crippen LogP contribution is 2.21. The summed E-state index contributed by atoms with van der Waals surface area (Å²) < 4.78 is 25.0. The minimum Gasteiger partial charge on any atom is -0.478 e. The first-order valence-corrected chi connectivity index (χ1v) is 3.71. The Morgan fingerprint density at radius 2 is 2.15 bits per heavy atom. The van der Waals surface area contributed by atoms with Crippen molar-refractivity contribution in [1.29, 1.82) is 0 Å². The fourth-order valence-corrected chi connectivity index (χ4v) is 1.12. The van der Waals surface area contributed by atoms with Crippen molar-refractivity contribution in [2.24, 2.45) is 0 Å². The van der Waals surface area contributed by atoms with Crippen LogP contribution in [0, 0.1) is 5.82 Å². The Morgan fingerprint density at radius 3 is 2.62 bits per heavy atom. The maximum absolute atomic E-state index is 12.9. The van der Waals surface area contributed by atoms with Crippen molar-refractivity contribution in [2.45, 2.75) is 6.67 Å². The van der Waals surface area contributed by atoms with Gasteiger partial charge in [-0.1, -0.05) is 11.6 Å². The predicted molar refractivity (Wildman–Crippen MR) is 43.2 cm³/mol. The van der Waals surface area contributed by atoms with E-state index in [1.807, 2.05) is 0 Å². The van der Waals surface area contributed by atoms with Crippen LogP contribution < -0.4 is 0 Å². The van der Waals surface area contributed by atoms with Gasteiger partial charge in [-0.05, 0) is 17.7 Å². The number of rotatable bonds is 2. The molecule has 2 nitrogen and oxygen atoms in total. The molecule has 0 saturated heterocycles. The predicted octanol–water partition coefficient (Wildman–Crippen LogP) is 2.65. The van der Waals surface area contributed by atoms with E-state index in [2.05, 4.69) is 0 Å². The average molecular weight is 207 g/mol. The van der Waals surface area contributed by atoms with Gasteiger partial charge in [0.15, 0.2) is 5.82 Å². The van der Waals surface area contributed by atoms with Crippen LogP contribution in [0.3, 0.4) is 0 Å². The lowest BCUT2D eigenvalue weighted by Crippen LogP contribution is -2.02. The molecule has 0 aliphatic rings. The summed E-state index contributed by atoms with van der Waals surface area (Å²) >= 11 is 5.34. The molecule has 70 valence electrons. The molecule has 1 N–H and O–H groups in total. The van der Waals surface area contributed by atoms with Gasteiger partial charge in [0, 0.05) is 0 Å². The van der Waals surface area contributed by atoms with Gasteiger partial charge in [-0.25, -0.2) is 13.6 Å². The van der Waals surface area contributed by atoms with Crippen LogP contribution in [0.15, 0.2) is 12.1 Å². The smallest absolute Gasteiger partial charge is 0.338 e. The van der Waals surface area contributed by atoms with Crippen LogP contribution in [0.25, 0.3) is 0 Å². The Balaban J connectivity index is 3.33. The highest BCUT2D eigenvalue weighted by molar-refractivity contribution is 6.31. The first-order valence-electron chi connectivity index (χ1n) is 3.33. The monoisotopic (exact) mass is 206 g/mol. The third kappa shape index (κ3) is 1.95. The molecule has 1 aromatic carbocycles. The summed E-state index contributed by atoms with van der Waals surface area (Å²) in [5.74, 6) is -2.50. The van der Waals surface area contributed by atoms with E-state index in [0.717, 1.165) is 12.1 Å². The van der Waals surface area contributed by atoms with Crippen LogP contribution in [0.2, 0.25) is 5.02 Å². The first kappa shape index (κ1) is 9.92. The molecule has 0 bridgehead atoms. The minimum absolute atomic E-state index is 0.0452. The number of halogens is 3. The van der Waals surface area contributed by atoms with Crippen molar-refractivity contribution in [3.63, 3.8) is 0 Å². The number of hydrogen-bond donors (Lipinski definition) is 1. The van der Waals surface area contributed by atoms with E-state index in [9.17, 15) is 13.6 Å². The van der Waals surface area contributed by atoms with Gasteiger partial charge in [0.25, 0.3) is 0 Å². The Bertz CT molecular complexity index is 352. The molecule has 1 rings (SSSR count). The fourth-order valence-electron chi connectivity index (χ4n) is 0.878. The Hall–Kier alpha value is -1.16. The molecule has 0 heterocycles. The molecular weight excluding hydrogens is 202 g/mol. The molecule has 0 atom stereocenters. The first-order chi connectivity index (χ1) is 6.06. The number of benzene rings is 1. The molecule has 0 amide bonds. The summed E-state index contributed by atoms with van der Waals surface area (Å²) in [7, 11) is 0. The molecular formula is C8H5ClF2O2. The second-order valence-electron chi connectivity index (χ2n) is 2.38. The van der Waals surface area contributed by atoms with Gasteiger partial charge >= 0.3 is 5.97 Å². The number of carbonyl (C=O) groups is 1. The lowest BCUT2D eigenvalue weighted by molar-refractivity contribution is 0.0691. The van der Waals surface area contributed by atoms with E-state index in [1.165, 1.54) is 0 Å². The molecule has 0 aliphatic heterocycles. The summed E-state index contributed by atoms with van der Waals surface area (Å²) in [6.45, 7) is -0.875. The SMILES string of the molecule is O=C(O)c1cc(CF)cc(Cl)c1F. The zero-order chi connectivity index (χ0) is 10.0. The summed E-state index contributed by atoms with van der Waals surface area (Å²) in [4.78, 5) is 10.4. The lowest BCUT2D eigenvalue weighted by atomic mass is 10.1. The second-order valence-corrected chi connectivity index (χ2v) is 2.79. The summed E-state index contributed by atoms with van der Waals surface area (Å²) in [5.41, 5.74) is -0.566. The van der Waals surface area contributed by atoms with Crippen LogP contribution >= 0.6 is 11.6 Å². The molecule has 1 aromatic rings. The Kier molecular flexibility index (Phi) is 2.83. The molecule has 0 spiro atoms. The van der Waals surface area contributed by atoms with Crippen molar-refractivity contribution < 1.29 is 18.7 Å². The van der Waals surface area contributed by atoms with E-state index in [1.54, 1.807) is 0 Å². The van der Waals surface area contributed by atoms with Crippen molar-refractivity contribution in [2.75, 3.05) is 0 Å². The van der Waals surface area contributed by atoms with Crippen LogP contribution in [0.1, 0.15) is 15.9 Å². The van der Waals surface area contributed by atoms with Gasteiger partial charge in [-0.2, -0.15) is 0 Å². The zero-order valence-electron chi connectivity index (χ0n) is 6.35. The lowest BCUT2D eigenvalue weighted by Gasteiger charge is -2.02. The van der Waals surface area contributed by atoms with Crippen LogP contribution in [0.4, 0.5) is 8.78 Å². The highest BCUT2D eigenvalue weighted by Gasteiger charge is 2.14. The molecule has 0 saturated carbocycles. The van der Waals surface area contributed by atoms with Gasteiger partial charge in [0.1, 0.15) is 6.67 Å². The maximum atomic E-state index is 12.9. The summed E-state index contributed by atoms with van der Waals surface area (Å²) in [5, 5.41) is 8.11. The summed E-state index contributed by atoms with van der Waals surface area (Å²) in [6.07, 6.45) is 0. The van der Waals surface area contributed by atoms with Crippen LogP contribution in [-0.2, 0) is 6.67 Å². The van der Waals surface area contributed by atoms with Crippen molar-refractivity contribution in [3.8, 4) is 0 Å². The fraction of sp³-hybridized carbons (Fsp3) is 0.125. The minimum atomic E-state index is -1.46. The zero-order valence-corrected chi connectivity index (χ0v) is 7.11. The standard InChI is InChI=1S/C8H5ClF2O2/c9-6-2-4(3-10)1-5(7(6)11)8(12)13/h1-2H,3H2,(H,12,13). The second kappa shape index (κ2) is 3.70. The molecule has 0 fully saturated rings. The number of aromatic carboxylic acids is 1. The topological polar surface area (TPSA) is 37.3 Å². The largest absolute Gasteiger partial charge is 0.478 e.